The van der Waals surface area contributed by atoms with Crippen molar-refractivity contribution in [3.63, 3.8) is 0 Å². The molecule has 2 aliphatic rings. The molecule has 1 heterocycles. The van der Waals surface area contributed by atoms with E-state index >= 15 is 0 Å². The maximum Gasteiger partial charge on any atom is 0.232 e. The summed E-state index contributed by atoms with van der Waals surface area (Å²) in [4.78, 5) is 27.9. The minimum absolute atomic E-state index is 0.0619. The van der Waals surface area contributed by atoms with Gasteiger partial charge in [-0.2, -0.15) is 0 Å². The molecule has 6 heteroatoms. The second-order valence-electron chi connectivity index (χ2n) is 7.19. The van der Waals surface area contributed by atoms with Crippen molar-refractivity contribution in [2.45, 2.75) is 38.5 Å². The highest BCUT2D eigenvalue weighted by molar-refractivity contribution is 6.42. The highest BCUT2D eigenvalue weighted by Crippen LogP contribution is 2.46. The Kier molecular flexibility index (Phi) is 5.66. The summed E-state index contributed by atoms with van der Waals surface area (Å²) in [6.07, 6.45) is 2.09. The molecule has 1 aliphatic heterocycles. The Balaban J connectivity index is 1.86. The Hall–Kier alpha value is -2.30. The number of hydrogen-bond acceptors (Lipinski definition) is 3. The lowest BCUT2D eigenvalue weighted by molar-refractivity contribution is -0.119. The fourth-order valence-corrected chi connectivity index (χ4v) is 4.53. The predicted molar refractivity (Wildman–Crippen MR) is 115 cm³/mol. The molecule has 1 atom stereocenters. The number of amides is 1. The number of halogens is 2. The molecule has 4 nitrogen and oxygen atoms in total. The van der Waals surface area contributed by atoms with E-state index in [1.165, 1.54) is 0 Å². The van der Waals surface area contributed by atoms with E-state index in [9.17, 15) is 9.59 Å². The normalized spacial score (nSPS) is 19.4. The number of ketones is 1. The number of rotatable bonds is 4. The topological polar surface area (TPSA) is 46.6 Å². The van der Waals surface area contributed by atoms with Gasteiger partial charge in [-0.05, 0) is 44.0 Å². The number of para-hydroxylation sites is 1. The van der Waals surface area contributed by atoms with E-state index in [1.807, 2.05) is 31.2 Å². The summed E-state index contributed by atoms with van der Waals surface area (Å²) in [6, 6.07) is 12.8. The van der Waals surface area contributed by atoms with Gasteiger partial charge < -0.3 is 4.74 Å². The molecule has 1 aliphatic carbocycles. The number of nitrogens with zero attached hydrogens (tertiary/aromatic N) is 1. The van der Waals surface area contributed by atoms with Gasteiger partial charge in [0.2, 0.25) is 5.91 Å². The fraction of sp³-hybridized carbons (Fsp3) is 0.304. The average Bonchev–Trinajstić information content (AvgIpc) is 2.70. The fourth-order valence-electron chi connectivity index (χ4n) is 4.24. The lowest BCUT2D eigenvalue weighted by Gasteiger charge is -2.38. The molecule has 0 spiro atoms. The molecule has 0 saturated heterocycles. The Morgan fingerprint density at radius 3 is 2.62 bits per heavy atom. The number of carbonyl (C=O) groups is 2. The number of allylic oxidation sites excluding steroid dienone is 2. The van der Waals surface area contributed by atoms with Crippen molar-refractivity contribution in [3.8, 4) is 5.75 Å². The minimum atomic E-state index is -0.299. The van der Waals surface area contributed by atoms with Crippen LogP contribution in [0.25, 0.3) is 0 Å². The lowest BCUT2D eigenvalue weighted by Crippen LogP contribution is -2.40. The molecule has 2 aromatic rings. The molecule has 0 radical (unpaired) electrons. The van der Waals surface area contributed by atoms with Crippen LogP contribution in [0.4, 0.5) is 5.69 Å². The van der Waals surface area contributed by atoms with E-state index in [-0.39, 0.29) is 24.0 Å². The van der Waals surface area contributed by atoms with Gasteiger partial charge in [0.05, 0.1) is 22.3 Å². The summed E-state index contributed by atoms with van der Waals surface area (Å²) in [6.45, 7) is 2.44. The zero-order valence-electron chi connectivity index (χ0n) is 16.1. The van der Waals surface area contributed by atoms with E-state index in [0.29, 0.717) is 40.8 Å². The lowest BCUT2D eigenvalue weighted by atomic mass is 9.77. The summed E-state index contributed by atoms with van der Waals surface area (Å²) >= 11 is 12.2. The van der Waals surface area contributed by atoms with Gasteiger partial charge in [-0.1, -0.05) is 41.4 Å². The van der Waals surface area contributed by atoms with Crippen molar-refractivity contribution in [2.24, 2.45) is 0 Å². The Morgan fingerprint density at radius 1 is 1.07 bits per heavy atom. The number of hydrogen-bond donors (Lipinski definition) is 0. The first-order valence-electron chi connectivity index (χ1n) is 9.77. The van der Waals surface area contributed by atoms with Gasteiger partial charge in [0, 0.05) is 35.6 Å². The van der Waals surface area contributed by atoms with E-state index < -0.39 is 0 Å². The minimum Gasteiger partial charge on any atom is -0.494 e. The van der Waals surface area contributed by atoms with Crippen LogP contribution in [0.15, 0.2) is 53.7 Å². The van der Waals surface area contributed by atoms with E-state index in [0.717, 1.165) is 23.4 Å². The van der Waals surface area contributed by atoms with Crippen molar-refractivity contribution < 1.29 is 14.3 Å². The SMILES string of the molecule is CCOc1ccccc1C1CC(=O)N(c2ccc(Cl)c(Cl)c2)C2=C1C(=O)CCC2. The molecule has 1 amide bonds. The second-order valence-corrected chi connectivity index (χ2v) is 8.01. The van der Waals surface area contributed by atoms with Crippen LogP contribution in [0.5, 0.6) is 5.75 Å². The van der Waals surface area contributed by atoms with Gasteiger partial charge in [0.15, 0.2) is 5.78 Å². The van der Waals surface area contributed by atoms with Crippen LogP contribution < -0.4 is 9.64 Å². The first kappa shape index (κ1) is 20.0. The molecule has 0 saturated carbocycles. The molecule has 150 valence electrons. The largest absolute Gasteiger partial charge is 0.494 e. The average molecular weight is 430 g/mol. The molecular weight excluding hydrogens is 409 g/mol. The van der Waals surface area contributed by atoms with Crippen molar-refractivity contribution in [2.75, 3.05) is 11.5 Å². The van der Waals surface area contributed by atoms with Gasteiger partial charge in [-0.25, -0.2) is 0 Å². The number of carbonyl (C=O) groups excluding carboxylic acids is 2. The number of ether oxygens (including phenoxy) is 1. The molecule has 1 unspecified atom stereocenters. The molecule has 0 N–H and O–H groups in total. The molecule has 0 aromatic heterocycles. The third-order valence-electron chi connectivity index (χ3n) is 5.43. The van der Waals surface area contributed by atoms with Gasteiger partial charge in [0.25, 0.3) is 0 Å². The Bertz CT molecular complexity index is 1010. The molecule has 4 rings (SSSR count). The maximum atomic E-state index is 13.3. The van der Waals surface area contributed by atoms with Crippen LogP contribution in [-0.4, -0.2) is 18.3 Å². The van der Waals surface area contributed by atoms with Gasteiger partial charge in [-0.15, -0.1) is 0 Å². The molecule has 2 aromatic carbocycles. The van der Waals surface area contributed by atoms with E-state index in [4.69, 9.17) is 27.9 Å². The first-order chi connectivity index (χ1) is 14.0. The van der Waals surface area contributed by atoms with Crippen LogP contribution in [0.3, 0.4) is 0 Å². The van der Waals surface area contributed by atoms with Crippen LogP contribution in [0.1, 0.15) is 44.1 Å². The zero-order valence-corrected chi connectivity index (χ0v) is 17.6. The van der Waals surface area contributed by atoms with Crippen LogP contribution in [0.2, 0.25) is 10.0 Å². The van der Waals surface area contributed by atoms with Gasteiger partial charge in [0.1, 0.15) is 5.75 Å². The standard InChI is InChI=1S/C23H21Cl2NO3/c1-2-29-21-9-4-3-6-15(21)16-13-22(28)26(14-10-11-17(24)18(25)12-14)19-7-5-8-20(27)23(16)19/h3-4,6,9-12,16H,2,5,7-8,13H2,1H3. The van der Waals surface area contributed by atoms with Gasteiger partial charge >= 0.3 is 0 Å². The van der Waals surface area contributed by atoms with E-state index in [2.05, 4.69) is 0 Å². The molecule has 0 fully saturated rings. The Morgan fingerprint density at radius 2 is 1.86 bits per heavy atom. The predicted octanol–water partition coefficient (Wildman–Crippen LogP) is 5.92. The van der Waals surface area contributed by atoms with Crippen LogP contribution >= 0.6 is 23.2 Å². The summed E-state index contributed by atoms with van der Waals surface area (Å²) in [5, 5.41) is 0.808. The summed E-state index contributed by atoms with van der Waals surface area (Å²) in [7, 11) is 0. The number of anilines is 1. The summed E-state index contributed by atoms with van der Waals surface area (Å²) < 4.78 is 5.79. The van der Waals surface area contributed by atoms with Crippen molar-refractivity contribution in [1.29, 1.82) is 0 Å². The summed E-state index contributed by atoms with van der Waals surface area (Å²) in [5.74, 6) is 0.460. The van der Waals surface area contributed by atoms with Crippen LogP contribution in [0, 0.1) is 0 Å². The molecular formula is C23H21Cl2NO3. The van der Waals surface area contributed by atoms with Crippen molar-refractivity contribution >= 4 is 40.6 Å². The number of Topliss-reactive ketones (excluding diaryl/α,β-unsaturated/α-hetero) is 1. The number of benzene rings is 2. The third kappa shape index (κ3) is 3.67. The monoisotopic (exact) mass is 429 g/mol. The maximum absolute atomic E-state index is 13.3. The van der Waals surface area contributed by atoms with Crippen molar-refractivity contribution in [1.82, 2.24) is 0 Å². The Labute approximate surface area is 180 Å². The van der Waals surface area contributed by atoms with E-state index in [1.54, 1.807) is 23.1 Å². The molecule has 0 bridgehead atoms. The third-order valence-corrected chi connectivity index (χ3v) is 6.17. The highest BCUT2D eigenvalue weighted by atomic mass is 35.5. The summed E-state index contributed by atoms with van der Waals surface area (Å²) in [5.41, 5.74) is 3.02. The van der Waals surface area contributed by atoms with Crippen LogP contribution in [-0.2, 0) is 9.59 Å². The second kappa shape index (κ2) is 8.21. The highest BCUT2D eigenvalue weighted by Gasteiger charge is 2.40. The molecule has 29 heavy (non-hydrogen) atoms. The quantitative estimate of drug-likeness (QED) is 0.605. The van der Waals surface area contributed by atoms with Crippen molar-refractivity contribution in [3.05, 3.63) is 69.3 Å². The first-order valence-corrected chi connectivity index (χ1v) is 10.5. The zero-order chi connectivity index (χ0) is 20.5. The smallest absolute Gasteiger partial charge is 0.232 e. The van der Waals surface area contributed by atoms with Gasteiger partial charge in [-0.3, -0.25) is 14.5 Å².